The van der Waals surface area contributed by atoms with Crippen LogP contribution < -0.4 is 4.90 Å². The van der Waals surface area contributed by atoms with Crippen LogP contribution in [0, 0.1) is 0 Å². The molecule has 0 atom stereocenters. The number of fused-ring (bicyclic) bond motifs is 3. The van der Waals surface area contributed by atoms with Crippen LogP contribution in [0.25, 0.3) is 55.6 Å². The number of para-hydroxylation sites is 2. The number of nitrogens with zero attached hydrogens (tertiary/aromatic N) is 3. The SMILES string of the molecule is Oc1ccccc1-c1nc(-c2cccc(N(c3ccc(-c4ccccc4)cc3)c3ccccn3)c2)cc2c1oc1ccccc12. The first-order valence-electron chi connectivity index (χ1n) is 14.8. The van der Waals surface area contributed by atoms with Gasteiger partial charge in [-0.1, -0.05) is 91.0 Å². The zero-order valence-corrected chi connectivity index (χ0v) is 24.2. The first kappa shape index (κ1) is 26.4. The lowest BCUT2D eigenvalue weighted by atomic mass is 10.0. The molecule has 0 bridgehead atoms. The van der Waals surface area contributed by atoms with E-state index in [1.54, 1.807) is 12.1 Å². The highest BCUT2D eigenvalue weighted by atomic mass is 16.3. The summed E-state index contributed by atoms with van der Waals surface area (Å²) in [6.45, 7) is 0. The predicted octanol–water partition coefficient (Wildman–Crippen LogP) is 10.6. The molecule has 0 amide bonds. The Bertz CT molecular complexity index is 2280. The summed E-state index contributed by atoms with van der Waals surface area (Å²) in [5.74, 6) is 0.958. The summed E-state index contributed by atoms with van der Waals surface area (Å²) in [4.78, 5) is 12.0. The van der Waals surface area contributed by atoms with Crippen molar-refractivity contribution in [3.63, 3.8) is 0 Å². The molecule has 0 aliphatic rings. The van der Waals surface area contributed by atoms with Crippen LogP contribution in [0.2, 0.25) is 0 Å². The van der Waals surface area contributed by atoms with Crippen LogP contribution in [0.4, 0.5) is 17.2 Å². The molecule has 0 aliphatic carbocycles. The smallest absolute Gasteiger partial charge is 0.161 e. The summed E-state index contributed by atoms with van der Waals surface area (Å²) in [5.41, 5.74) is 8.59. The Labute approximate surface area is 260 Å². The summed E-state index contributed by atoms with van der Waals surface area (Å²) in [6, 6.07) is 50.4. The zero-order chi connectivity index (χ0) is 30.2. The topological polar surface area (TPSA) is 62.4 Å². The number of hydrogen-bond acceptors (Lipinski definition) is 5. The van der Waals surface area contributed by atoms with Crippen molar-refractivity contribution in [2.45, 2.75) is 0 Å². The van der Waals surface area contributed by atoms with Crippen LogP contribution in [0.15, 0.2) is 162 Å². The number of pyridine rings is 2. The largest absolute Gasteiger partial charge is 0.507 e. The number of anilines is 3. The van der Waals surface area contributed by atoms with Crippen LogP contribution >= 0.6 is 0 Å². The van der Waals surface area contributed by atoms with E-state index in [4.69, 9.17) is 14.4 Å². The van der Waals surface area contributed by atoms with Crippen LogP contribution in [0.5, 0.6) is 5.75 Å². The molecule has 0 radical (unpaired) electrons. The van der Waals surface area contributed by atoms with Gasteiger partial charge in [0, 0.05) is 39.5 Å². The van der Waals surface area contributed by atoms with Gasteiger partial charge in [0.25, 0.3) is 0 Å². The average Bonchev–Trinajstić information content (AvgIpc) is 3.48. The van der Waals surface area contributed by atoms with Gasteiger partial charge in [0.05, 0.1) is 5.69 Å². The Balaban J connectivity index is 1.28. The van der Waals surface area contributed by atoms with Gasteiger partial charge in [0.15, 0.2) is 5.58 Å². The van der Waals surface area contributed by atoms with E-state index in [-0.39, 0.29) is 5.75 Å². The van der Waals surface area contributed by atoms with E-state index in [0.29, 0.717) is 16.8 Å². The normalized spacial score (nSPS) is 11.2. The summed E-state index contributed by atoms with van der Waals surface area (Å²) in [5, 5.41) is 12.8. The Kier molecular flexibility index (Phi) is 6.54. The third-order valence-corrected chi connectivity index (χ3v) is 8.03. The summed E-state index contributed by atoms with van der Waals surface area (Å²) >= 11 is 0. The molecule has 0 aliphatic heterocycles. The molecule has 8 rings (SSSR count). The summed E-state index contributed by atoms with van der Waals surface area (Å²) in [7, 11) is 0. The highest BCUT2D eigenvalue weighted by molar-refractivity contribution is 6.10. The number of rotatable bonds is 6. The molecule has 3 aromatic heterocycles. The molecule has 0 saturated carbocycles. The maximum atomic E-state index is 10.8. The van der Waals surface area contributed by atoms with E-state index in [1.807, 2.05) is 66.9 Å². The van der Waals surface area contributed by atoms with Gasteiger partial charge in [-0.2, -0.15) is 0 Å². The third kappa shape index (κ3) is 4.86. The van der Waals surface area contributed by atoms with Gasteiger partial charge < -0.3 is 9.52 Å². The van der Waals surface area contributed by atoms with Gasteiger partial charge in [-0.25, -0.2) is 9.97 Å². The van der Waals surface area contributed by atoms with Crippen molar-refractivity contribution in [1.82, 2.24) is 9.97 Å². The highest BCUT2D eigenvalue weighted by Gasteiger charge is 2.20. The number of phenolic OH excluding ortho intramolecular Hbond substituents is 1. The number of furan rings is 1. The van der Waals surface area contributed by atoms with E-state index in [9.17, 15) is 5.11 Å². The standard InChI is InChI=1S/C40H27N3O2/c44-36-17-6-4-16-33(36)39-40-34(32-15-5-7-18-37(32)45-40)26-35(42-39)29-13-10-14-31(25-29)43(38-19-8-9-24-41-38)30-22-20-28(21-23-30)27-11-2-1-3-12-27/h1-26,44H. The second kappa shape index (κ2) is 11.1. The zero-order valence-electron chi connectivity index (χ0n) is 24.2. The van der Waals surface area contributed by atoms with Crippen molar-refractivity contribution in [3.05, 3.63) is 158 Å². The minimum atomic E-state index is 0.151. The first-order valence-corrected chi connectivity index (χ1v) is 14.8. The molecule has 45 heavy (non-hydrogen) atoms. The molecule has 0 saturated heterocycles. The fourth-order valence-electron chi connectivity index (χ4n) is 5.87. The van der Waals surface area contributed by atoms with E-state index >= 15 is 0 Å². The quantitative estimate of drug-likeness (QED) is 0.212. The number of aromatic hydroxyl groups is 1. The Morgan fingerprint density at radius 2 is 1.29 bits per heavy atom. The number of phenols is 1. The lowest BCUT2D eigenvalue weighted by Crippen LogP contribution is -2.11. The molecule has 8 aromatic rings. The molecule has 3 heterocycles. The van der Waals surface area contributed by atoms with Crippen molar-refractivity contribution in [3.8, 4) is 39.4 Å². The monoisotopic (exact) mass is 581 g/mol. The maximum Gasteiger partial charge on any atom is 0.161 e. The van der Waals surface area contributed by atoms with Gasteiger partial charge in [-0.3, -0.25) is 4.90 Å². The van der Waals surface area contributed by atoms with E-state index < -0.39 is 0 Å². The van der Waals surface area contributed by atoms with E-state index in [1.165, 1.54) is 5.56 Å². The third-order valence-electron chi connectivity index (χ3n) is 8.03. The van der Waals surface area contributed by atoms with Crippen LogP contribution in [0.3, 0.4) is 0 Å². The first-order chi connectivity index (χ1) is 22.2. The average molecular weight is 582 g/mol. The molecule has 5 nitrogen and oxygen atoms in total. The summed E-state index contributed by atoms with van der Waals surface area (Å²) in [6.07, 6.45) is 1.81. The van der Waals surface area contributed by atoms with Crippen LogP contribution in [-0.2, 0) is 0 Å². The Hall–Kier alpha value is -6.20. The van der Waals surface area contributed by atoms with Gasteiger partial charge in [-0.05, 0) is 71.8 Å². The van der Waals surface area contributed by atoms with Gasteiger partial charge in [0.2, 0.25) is 0 Å². The molecule has 1 N–H and O–H groups in total. The molecule has 5 aromatic carbocycles. The van der Waals surface area contributed by atoms with Crippen molar-refractivity contribution < 1.29 is 9.52 Å². The Morgan fingerprint density at radius 3 is 2.11 bits per heavy atom. The van der Waals surface area contributed by atoms with Crippen molar-refractivity contribution >= 4 is 39.1 Å². The Morgan fingerprint density at radius 1 is 0.556 bits per heavy atom. The van der Waals surface area contributed by atoms with E-state index in [2.05, 4.69) is 83.8 Å². The molecule has 214 valence electrons. The van der Waals surface area contributed by atoms with Gasteiger partial charge >= 0.3 is 0 Å². The minimum Gasteiger partial charge on any atom is -0.507 e. The summed E-state index contributed by atoms with van der Waals surface area (Å²) < 4.78 is 6.31. The second-order valence-electron chi connectivity index (χ2n) is 10.8. The fraction of sp³-hybridized carbons (Fsp3) is 0. The van der Waals surface area contributed by atoms with E-state index in [0.717, 1.165) is 50.4 Å². The molecular formula is C40H27N3O2. The highest BCUT2D eigenvalue weighted by Crippen LogP contribution is 2.41. The van der Waals surface area contributed by atoms with Gasteiger partial charge in [0.1, 0.15) is 22.8 Å². The van der Waals surface area contributed by atoms with Gasteiger partial charge in [-0.15, -0.1) is 0 Å². The number of aromatic nitrogens is 2. The lowest BCUT2D eigenvalue weighted by molar-refractivity contribution is 0.477. The van der Waals surface area contributed by atoms with Crippen molar-refractivity contribution in [2.75, 3.05) is 4.90 Å². The van der Waals surface area contributed by atoms with Crippen LogP contribution in [0.1, 0.15) is 0 Å². The molecule has 0 spiro atoms. The second-order valence-corrected chi connectivity index (χ2v) is 10.8. The fourth-order valence-corrected chi connectivity index (χ4v) is 5.87. The minimum absolute atomic E-state index is 0.151. The molecular weight excluding hydrogens is 554 g/mol. The molecule has 5 heteroatoms. The number of hydrogen-bond donors (Lipinski definition) is 1. The molecule has 0 unspecified atom stereocenters. The van der Waals surface area contributed by atoms with Crippen molar-refractivity contribution in [1.29, 1.82) is 0 Å². The molecule has 0 fully saturated rings. The number of benzene rings is 5. The predicted molar refractivity (Wildman–Crippen MR) is 182 cm³/mol. The maximum absolute atomic E-state index is 10.8. The van der Waals surface area contributed by atoms with Crippen molar-refractivity contribution in [2.24, 2.45) is 0 Å². The van der Waals surface area contributed by atoms with Crippen LogP contribution in [-0.4, -0.2) is 15.1 Å². The lowest BCUT2D eigenvalue weighted by Gasteiger charge is -2.25.